The fraction of sp³-hybridized carbons (Fsp3) is 0.100. The summed E-state index contributed by atoms with van der Waals surface area (Å²) in [7, 11) is 1.81. The Morgan fingerprint density at radius 2 is 2.15 bits per heavy atom. The second-order valence-corrected chi connectivity index (χ2v) is 2.83. The van der Waals surface area contributed by atoms with E-state index >= 15 is 0 Å². The highest BCUT2D eigenvalue weighted by Gasteiger charge is 2.01. The second kappa shape index (κ2) is 2.94. The van der Waals surface area contributed by atoms with E-state index in [1.807, 2.05) is 24.3 Å². The first-order chi connectivity index (χ1) is 6.33. The molecule has 2 aromatic rings. The van der Waals surface area contributed by atoms with Crippen LogP contribution in [0.3, 0.4) is 0 Å². The van der Waals surface area contributed by atoms with Crippen molar-refractivity contribution in [2.45, 2.75) is 0 Å². The van der Waals surface area contributed by atoms with Crippen LogP contribution in [-0.2, 0) is 0 Å². The van der Waals surface area contributed by atoms with Crippen LogP contribution in [0.2, 0.25) is 0 Å². The molecular formula is C10H10N2O. The quantitative estimate of drug-likeness (QED) is 0.689. The summed E-state index contributed by atoms with van der Waals surface area (Å²) in [5.74, 6) is 0. The van der Waals surface area contributed by atoms with Gasteiger partial charge in [-0.1, -0.05) is 12.1 Å². The van der Waals surface area contributed by atoms with Gasteiger partial charge in [0.25, 0.3) is 5.56 Å². The Morgan fingerprint density at radius 1 is 1.31 bits per heavy atom. The van der Waals surface area contributed by atoms with Crippen LogP contribution in [0.1, 0.15) is 0 Å². The average molecular weight is 174 g/mol. The Bertz CT molecular complexity index is 482. The van der Waals surface area contributed by atoms with Gasteiger partial charge in [0.05, 0.1) is 5.39 Å². The molecule has 1 heterocycles. The third kappa shape index (κ3) is 1.18. The minimum atomic E-state index is -0.0533. The molecule has 0 aliphatic heterocycles. The van der Waals surface area contributed by atoms with Gasteiger partial charge in [-0.15, -0.1) is 0 Å². The van der Waals surface area contributed by atoms with Crippen molar-refractivity contribution in [3.63, 3.8) is 0 Å². The normalized spacial score (nSPS) is 10.2. The molecule has 0 aliphatic carbocycles. The molecule has 0 aliphatic rings. The van der Waals surface area contributed by atoms with Crippen LogP contribution < -0.4 is 10.9 Å². The topological polar surface area (TPSA) is 44.9 Å². The fourth-order valence-electron chi connectivity index (χ4n) is 1.45. The number of pyridine rings is 1. The molecule has 1 aromatic carbocycles. The molecular weight excluding hydrogens is 164 g/mol. The number of aromatic amines is 1. The molecule has 0 radical (unpaired) electrons. The second-order valence-electron chi connectivity index (χ2n) is 2.83. The number of hydrogen-bond acceptors (Lipinski definition) is 2. The highest BCUT2D eigenvalue weighted by molar-refractivity contribution is 5.92. The van der Waals surface area contributed by atoms with Crippen LogP contribution in [0.5, 0.6) is 0 Å². The van der Waals surface area contributed by atoms with Gasteiger partial charge in [-0.25, -0.2) is 0 Å². The van der Waals surface area contributed by atoms with Gasteiger partial charge in [0, 0.05) is 18.9 Å². The summed E-state index contributed by atoms with van der Waals surface area (Å²) < 4.78 is 0. The molecule has 0 saturated heterocycles. The highest BCUT2D eigenvalue weighted by atomic mass is 16.1. The van der Waals surface area contributed by atoms with E-state index in [4.69, 9.17) is 0 Å². The van der Waals surface area contributed by atoms with Gasteiger partial charge in [-0.05, 0) is 17.5 Å². The standard InChI is InChI=1S/C10H10N2O/c1-11-8-4-2-3-7-5-6-12-10(13)9(7)8/h2-6,11H,1H3,(H,12,13). The van der Waals surface area contributed by atoms with Crippen molar-refractivity contribution in [1.29, 1.82) is 0 Å². The fourth-order valence-corrected chi connectivity index (χ4v) is 1.45. The molecule has 0 spiro atoms. The molecule has 2 N–H and O–H groups in total. The zero-order valence-corrected chi connectivity index (χ0v) is 7.29. The van der Waals surface area contributed by atoms with Gasteiger partial charge in [-0.2, -0.15) is 0 Å². The average Bonchev–Trinajstić information content (AvgIpc) is 2.17. The molecule has 1 aromatic heterocycles. The van der Waals surface area contributed by atoms with Crippen LogP contribution in [0.25, 0.3) is 10.8 Å². The summed E-state index contributed by atoms with van der Waals surface area (Å²) in [5.41, 5.74) is 0.807. The summed E-state index contributed by atoms with van der Waals surface area (Å²) in [4.78, 5) is 14.1. The smallest absolute Gasteiger partial charge is 0.257 e. The van der Waals surface area contributed by atoms with Crippen molar-refractivity contribution in [2.24, 2.45) is 0 Å². The molecule has 13 heavy (non-hydrogen) atoms. The lowest BCUT2D eigenvalue weighted by molar-refractivity contribution is 1.27. The molecule has 3 nitrogen and oxygen atoms in total. The van der Waals surface area contributed by atoms with Crippen molar-refractivity contribution < 1.29 is 0 Å². The van der Waals surface area contributed by atoms with E-state index in [9.17, 15) is 4.79 Å². The first-order valence-electron chi connectivity index (χ1n) is 4.11. The Morgan fingerprint density at radius 3 is 2.92 bits per heavy atom. The van der Waals surface area contributed by atoms with Gasteiger partial charge in [0.2, 0.25) is 0 Å². The van der Waals surface area contributed by atoms with Gasteiger partial charge in [-0.3, -0.25) is 4.79 Å². The lowest BCUT2D eigenvalue weighted by Crippen LogP contribution is -2.06. The Labute approximate surface area is 75.4 Å². The molecule has 66 valence electrons. The van der Waals surface area contributed by atoms with Crippen molar-refractivity contribution in [2.75, 3.05) is 12.4 Å². The van der Waals surface area contributed by atoms with Gasteiger partial charge < -0.3 is 10.3 Å². The van der Waals surface area contributed by atoms with Crippen molar-refractivity contribution >= 4 is 16.5 Å². The van der Waals surface area contributed by atoms with Crippen LogP contribution >= 0.6 is 0 Å². The van der Waals surface area contributed by atoms with Crippen molar-refractivity contribution in [3.05, 3.63) is 40.8 Å². The van der Waals surface area contributed by atoms with E-state index in [0.717, 1.165) is 11.1 Å². The number of benzene rings is 1. The number of nitrogens with one attached hydrogen (secondary N) is 2. The maximum absolute atomic E-state index is 11.5. The third-order valence-corrected chi connectivity index (χ3v) is 2.07. The van der Waals surface area contributed by atoms with Crippen LogP contribution in [0, 0.1) is 0 Å². The molecule has 0 amide bonds. The Hall–Kier alpha value is -1.77. The molecule has 0 atom stereocenters. The summed E-state index contributed by atoms with van der Waals surface area (Å²) in [6.07, 6.45) is 1.66. The summed E-state index contributed by atoms with van der Waals surface area (Å²) in [5, 5.41) is 4.66. The highest BCUT2D eigenvalue weighted by Crippen LogP contribution is 2.17. The molecule has 0 bridgehead atoms. The molecule has 0 unspecified atom stereocenters. The Kier molecular flexibility index (Phi) is 1.77. The summed E-state index contributed by atoms with van der Waals surface area (Å²) in [6.45, 7) is 0. The predicted octanol–water partition coefficient (Wildman–Crippen LogP) is 1.57. The first kappa shape index (κ1) is 7.86. The SMILES string of the molecule is CNc1cccc2cc[nH]c(=O)c12. The van der Waals surface area contributed by atoms with Gasteiger partial charge in [0.15, 0.2) is 0 Å². The minimum absolute atomic E-state index is 0.0533. The van der Waals surface area contributed by atoms with Gasteiger partial charge in [0.1, 0.15) is 0 Å². The van der Waals surface area contributed by atoms with Gasteiger partial charge >= 0.3 is 0 Å². The Balaban J connectivity index is 2.95. The van der Waals surface area contributed by atoms with Crippen molar-refractivity contribution in [1.82, 2.24) is 4.98 Å². The van der Waals surface area contributed by atoms with Crippen LogP contribution in [0.15, 0.2) is 35.3 Å². The molecule has 0 fully saturated rings. The molecule has 3 heteroatoms. The van der Waals surface area contributed by atoms with E-state index in [1.54, 1.807) is 13.2 Å². The first-order valence-corrected chi connectivity index (χ1v) is 4.11. The van der Waals surface area contributed by atoms with E-state index in [2.05, 4.69) is 10.3 Å². The van der Waals surface area contributed by atoms with Crippen molar-refractivity contribution in [3.8, 4) is 0 Å². The predicted molar refractivity (Wildman–Crippen MR) is 54.1 cm³/mol. The third-order valence-electron chi connectivity index (χ3n) is 2.07. The number of fused-ring (bicyclic) bond motifs is 1. The number of anilines is 1. The number of H-pyrrole nitrogens is 1. The maximum Gasteiger partial charge on any atom is 0.257 e. The molecule has 2 rings (SSSR count). The number of rotatable bonds is 1. The van der Waals surface area contributed by atoms with E-state index in [1.165, 1.54) is 0 Å². The largest absolute Gasteiger partial charge is 0.387 e. The van der Waals surface area contributed by atoms with E-state index in [0.29, 0.717) is 5.39 Å². The summed E-state index contributed by atoms with van der Waals surface area (Å²) in [6, 6.07) is 7.62. The lowest BCUT2D eigenvalue weighted by Gasteiger charge is -2.03. The molecule has 0 saturated carbocycles. The lowest BCUT2D eigenvalue weighted by atomic mass is 10.1. The zero-order chi connectivity index (χ0) is 9.26. The number of hydrogen-bond donors (Lipinski definition) is 2. The van der Waals surface area contributed by atoms with Crippen LogP contribution in [0.4, 0.5) is 5.69 Å². The maximum atomic E-state index is 11.5. The van der Waals surface area contributed by atoms with E-state index in [-0.39, 0.29) is 5.56 Å². The monoisotopic (exact) mass is 174 g/mol. The zero-order valence-electron chi connectivity index (χ0n) is 7.29. The summed E-state index contributed by atoms with van der Waals surface area (Å²) >= 11 is 0. The van der Waals surface area contributed by atoms with Crippen LogP contribution in [-0.4, -0.2) is 12.0 Å². The van der Waals surface area contributed by atoms with E-state index < -0.39 is 0 Å². The minimum Gasteiger partial charge on any atom is -0.387 e. The number of aromatic nitrogens is 1.